The Kier molecular flexibility index (Phi) is 6.20. The first kappa shape index (κ1) is 17.4. The highest BCUT2D eigenvalue weighted by atomic mass is 32.2. The van der Waals surface area contributed by atoms with E-state index >= 15 is 0 Å². The summed E-state index contributed by atoms with van der Waals surface area (Å²) in [5, 5.41) is 10.8. The van der Waals surface area contributed by atoms with Gasteiger partial charge in [-0.1, -0.05) is 43.5 Å². The molecular weight excluding hydrogens is 340 g/mol. The van der Waals surface area contributed by atoms with E-state index in [1.165, 1.54) is 37.4 Å². The van der Waals surface area contributed by atoms with Crippen LogP contribution < -0.4 is 5.32 Å². The van der Waals surface area contributed by atoms with E-state index in [9.17, 15) is 4.79 Å². The van der Waals surface area contributed by atoms with Gasteiger partial charge in [0.1, 0.15) is 5.82 Å². The van der Waals surface area contributed by atoms with Crippen LogP contribution in [0, 0.1) is 5.92 Å². The molecule has 128 valence electrons. The Bertz CT molecular complexity index is 683. The van der Waals surface area contributed by atoms with E-state index in [0.29, 0.717) is 10.9 Å². The van der Waals surface area contributed by atoms with Crippen molar-refractivity contribution < 1.29 is 4.79 Å². The highest BCUT2D eigenvalue weighted by Crippen LogP contribution is 2.27. The van der Waals surface area contributed by atoms with Gasteiger partial charge in [0.2, 0.25) is 11.1 Å². The summed E-state index contributed by atoms with van der Waals surface area (Å²) in [7, 11) is 0. The quantitative estimate of drug-likeness (QED) is 0.729. The molecule has 0 unspecified atom stereocenters. The zero-order chi connectivity index (χ0) is 16.8. The molecule has 1 amide bonds. The van der Waals surface area contributed by atoms with Crippen LogP contribution in [-0.4, -0.2) is 33.1 Å². The standard InChI is InChI=1S/C17H22N4OS2/c1-23-14-8-4-7-13(10-14)18-16(22)11-24-17-19-15(20-21-17)9-12-5-2-3-6-12/h4,7-8,10,12H,2-3,5-6,9,11H2,1H3,(H,18,22)(H,19,20,21). The number of aromatic amines is 1. The fourth-order valence-corrected chi connectivity index (χ4v) is 4.03. The van der Waals surface area contributed by atoms with E-state index in [1.807, 2.05) is 30.5 Å². The van der Waals surface area contributed by atoms with Crippen LogP contribution in [0.3, 0.4) is 0 Å². The topological polar surface area (TPSA) is 70.7 Å². The van der Waals surface area contributed by atoms with Gasteiger partial charge >= 0.3 is 0 Å². The van der Waals surface area contributed by atoms with E-state index in [0.717, 1.165) is 28.7 Å². The number of carbonyl (C=O) groups excluding carboxylic acids is 1. The zero-order valence-electron chi connectivity index (χ0n) is 13.7. The number of carbonyl (C=O) groups is 1. The number of rotatable bonds is 7. The van der Waals surface area contributed by atoms with Crippen LogP contribution in [0.2, 0.25) is 0 Å². The number of aromatic nitrogens is 3. The predicted octanol–water partition coefficient (Wildman–Crippen LogP) is 3.99. The lowest BCUT2D eigenvalue weighted by atomic mass is 10.0. The molecule has 0 aliphatic heterocycles. The normalized spacial score (nSPS) is 14.9. The van der Waals surface area contributed by atoms with Crippen LogP contribution in [0.4, 0.5) is 5.69 Å². The molecule has 0 radical (unpaired) electrons. The van der Waals surface area contributed by atoms with Gasteiger partial charge < -0.3 is 5.32 Å². The second-order valence-electron chi connectivity index (χ2n) is 5.99. The van der Waals surface area contributed by atoms with E-state index in [-0.39, 0.29) is 5.91 Å². The fraction of sp³-hybridized carbons (Fsp3) is 0.471. The molecule has 1 saturated carbocycles. The van der Waals surface area contributed by atoms with Crippen molar-refractivity contribution in [3.63, 3.8) is 0 Å². The van der Waals surface area contributed by atoms with Gasteiger partial charge in [0.25, 0.3) is 0 Å². The van der Waals surface area contributed by atoms with Crippen molar-refractivity contribution in [3.8, 4) is 0 Å². The first-order valence-electron chi connectivity index (χ1n) is 8.21. The molecule has 1 fully saturated rings. The Morgan fingerprint density at radius 1 is 1.38 bits per heavy atom. The maximum Gasteiger partial charge on any atom is 0.234 e. The van der Waals surface area contributed by atoms with Gasteiger partial charge in [0, 0.05) is 17.0 Å². The number of anilines is 1. The number of hydrogen-bond donors (Lipinski definition) is 2. The van der Waals surface area contributed by atoms with Crippen LogP contribution in [0.1, 0.15) is 31.5 Å². The molecule has 0 saturated heterocycles. The molecule has 3 rings (SSSR count). The summed E-state index contributed by atoms with van der Waals surface area (Å²) in [5.41, 5.74) is 0.823. The first-order valence-corrected chi connectivity index (χ1v) is 10.4. The number of amides is 1. The molecule has 24 heavy (non-hydrogen) atoms. The summed E-state index contributed by atoms with van der Waals surface area (Å²) in [6.45, 7) is 0. The average Bonchev–Trinajstić information content (AvgIpc) is 3.25. The molecule has 5 nitrogen and oxygen atoms in total. The second-order valence-corrected chi connectivity index (χ2v) is 7.81. The molecule has 2 N–H and O–H groups in total. The van der Waals surface area contributed by atoms with Crippen LogP contribution in [0.25, 0.3) is 0 Å². The highest BCUT2D eigenvalue weighted by Gasteiger charge is 2.17. The van der Waals surface area contributed by atoms with Crippen molar-refractivity contribution in [1.29, 1.82) is 0 Å². The van der Waals surface area contributed by atoms with Crippen molar-refractivity contribution in [2.75, 3.05) is 17.3 Å². The molecule has 0 bridgehead atoms. The van der Waals surface area contributed by atoms with Gasteiger partial charge in [0.05, 0.1) is 5.75 Å². The Labute approximate surface area is 150 Å². The van der Waals surface area contributed by atoms with Crippen molar-refractivity contribution in [1.82, 2.24) is 15.2 Å². The van der Waals surface area contributed by atoms with Crippen LogP contribution in [0.5, 0.6) is 0 Å². The Morgan fingerprint density at radius 3 is 3.00 bits per heavy atom. The summed E-state index contributed by atoms with van der Waals surface area (Å²) in [4.78, 5) is 17.7. The summed E-state index contributed by atoms with van der Waals surface area (Å²) in [5.74, 6) is 1.95. The largest absolute Gasteiger partial charge is 0.325 e. The fourth-order valence-electron chi connectivity index (χ4n) is 2.95. The molecule has 1 aromatic carbocycles. The van der Waals surface area contributed by atoms with E-state index in [4.69, 9.17) is 0 Å². The van der Waals surface area contributed by atoms with Gasteiger partial charge in [-0.15, -0.1) is 16.9 Å². The Hall–Kier alpha value is -1.47. The van der Waals surface area contributed by atoms with E-state index < -0.39 is 0 Å². The van der Waals surface area contributed by atoms with Crippen molar-refractivity contribution in [3.05, 3.63) is 30.1 Å². The maximum absolute atomic E-state index is 12.1. The molecule has 1 aromatic heterocycles. The lowest BCUT2D eigenvalue weighted by molar-refractivity contribution is -0.113. The van der Waals surface area contributed by atoms with Crippen LogP contribution >= 0.6 is 23.5 Å². The predicted molar refractivity (Wildman–Crippen MR) is 99.6 cm³/mol. The SMILES string of the molecule is CSc1cccc(NC(=O)CSc2n[nH]c(CC3CCCC3)n2)c1. The monoisotopic (exact) mass is 362 g/mol. The number of nitrogens with zero attached hydrogens (tertiary/aromatic N) is 2. The molecule has 0 spiro atoms. The molecule has 0 atom stereocenters. The molecule has 1 heterocycles. The summed E-state index contributed by atoms with van der Waals surface area (Å²) >= 11 is 3.02. The van der Waals surface area contributed by atoms with Crippen molar-refractivity contribution in [2.24, 2.45) is 5.92 Å². The second kappa shape index (κ2) is 8.58. The molecule has 7 heteroatoms. The van der Waals surface area contributed by atoms with Crippen molar-refractivity contribution in [2.45, 2.75) is 42.2 Å². The van der Waals surface area contributed by atoms with Crippen molar-refractivity contribution >= 4 is 35.1 Å². The lowest BCUT2D eigenvalue weighted by Crippen LogP contribution is -2.14. The van der Waals surface area contributed by atoms with E-state index in [1.54, 1.807) is 11.8 Å². The van der Waals surface area contributed by atoms with Gasteiger partial charge in [-0.3, -0.25) is 9.89 Å². The minimum Gasteiger partial charge on any atom is -0.325 e. The number of H-pyrrole nitrogens is 1. The first-order chi connectivity index (χ1) is 11.7. The van der Waals surface area contributed by atoms with Gasteiger partial charge in [-0.2, -0.15) is 0 Å². The van der Waals surface area contributed by atoms with Crippen LogP contribution in [0.15, 0.2) is 34.3 Å². The minimum atomic E-state index is -0.0413. The van der Waals surface area contributed by atoms with E-state index in [2.05, 4.69) is 20.5 Å². The van der Waals surface area contributed by atoms with Gasteiger partial charge in [-0.05, 0) is 30.4 Å². The summed E-state index contributed by atoms with van der Waals surface area (Å²) < 4.78 is 0. The summed E-state index contributed by atoms with van der Waals surface area (Å²) in [6.07, 6.45) is 8.24. The highest BCUT2D eigenvalue weighted by molar-refractivity contribution is 7.99. The minimum absolute atomic E-state index is 0.0413. The number of nitrogens with one attached hydrogen (secondary N) is 2. The summed E-state index contributed by atoms with van der Waals surface area (Å²) in [6, 6.07) is 7.84. The smallest absolute Gasteiger partial charge is 0.234 e. The van der Waals surface area contributed by atoms with Crippen LogP contribution in [-0.2, 0) is 11.2 Å². The molecule has 1 aliphatic carbocycles. The Balaban J connectivity index is 1.46. The lowest BCUT2D eigenvalue weighted by Gasteiger charge is -2.05. The van der Waals surface area contributed by atoms with Gasteiger partial charge in [0.15, 0.2) is 0 Å². The molecular formula is C17H22N4OS2. The zero-order valence-corrected chi connectivity index (χ0v) is 15.4. The molecule has 1 aliphatic rings. The third-order valence-electron chi connectivity index (χ3n) is 4.15. The number of hydrogen-bond acceptors (Lipinski definition) is 5. The third kappa shape index (κ3) is 5.01. The maximum atomic E-state index is 12.1. The Morgan fingerprint density at radius 2 is 2.21 bits per heavy atom. The number of benzene rings is 1. The number of thioether (sulfide) groups is 2. The third-order valence-corrected chi connectivity index (χ3v) is 5.73. The van der Waals surface area contributed by atoms with Gasteiger partial charge in [-0.25, -0.2) is 4.98 Å². The average molecular weight is 363 g/mol. The molecule has 2 aromatic rings.